The molecule has 0 unspecified atom stereocenters. The van der Waals surface area contributed by atoms with Gasteiger partial charge in [-0.2, -0.15) is 0 Å². The third-order valence-electron chi connectivity index (χ3n) is 3.66. The van der Waals surface area contributed by atoms with E-state index in [1.165, 1.54) is 4.90 Å². The summed E-state index contributed by atoms with van der Waals surface area (Å²) in [6.45, 7) is 3.28. The molecular formula is C16H23N3O2S. The molecule has 0 aliphatic carbocycles. The summed E-state index contributed by atoms with van der Waals surface area (Å²) in [6, 6.07) is 9.50. The predicted molar refractivity (Wildman–Crippen MR) is 88.9 cm³/mol. The van der Waals surface area contributed by atoms with Gasteiger partial charge >= 0.3 is 6.03 Å². The van der Waals surface area contributed by atoms with Gasteiger partial charge < -0.3 is 16.0 Å². The van der Waals surface area contributed by atoms with Crippen LogP contribution in [0.15, 0.2) is 35.2 Å². The largest absolute Gasteiger partial charge is 0.354 e. The molecule has 0 spiro atoms. The summed E-state index contributed by atoms with van der Waals surface area (Å²) in [5.41, 5.74) is 0. The van der Waals surface area contributed by atoms with Crippen molar-refractivity contribution in [1.82, 2.24) is 16.0 Å². The number of amides is 3. The van der Waals surface area contributed by atoms with Gasteiger partial charge in [0.15, 0.2) is 0 Å². The Kier molecular flexibility index (Phi) is 6.58. The van der Waals surface area contributed by atoms with Crippen LogP contribution in [0.4, 0.5) is 4.79 Å². The minimum atomic E-state index is -0.424. The number of urea groups is 1. The lowest BCUT2D eigenvalue weighted by Crippen LogP contribution is -2.56. The SMILES string of the molecule is C[C@@H]1CCNC(=O)[C@H]1NC(=O)NCCCSc1ccccc1. The van der Waals surface area contributed by atoms with E-state index in [9.17, 15) is 9.59 Å². The predicted octanol–water partition coefficient (Wildman–Crippen LogP) is 1.99. The van der Waals surface area contributed by atoms with E-state index in [0.717, 1.165) is 18.6 Å². The van der Waals surface area contributed by atoms with Gasteiger partial charge in [0.2, 0.25) is 5.91 Å². The molecule has 0 aromatic heterocycles. The molecule has 120 valence electrons. The van der Waals surface area contributed by atoms with Crippen LogP contribution in [0.3, 0.4) is 0 Å². The van der Waals surface area contributed by atoms with E-state index in [4.69, 9.17) is 0 Å². The average Bonchev–Trinajstić information content (AvgIpc) is 2.52. The van der Waals surface area contributed by atoms with Crippen LogP contribution in [0, 0.1) is 5.92 Å². The van der Waals surface area contributed by atoms with Crippen molar-refractivity contribution >= 4 is 23.7 Å². The lowest BCUT2D eigenvalue weighted by Gasteiger charge is -2.28. The minimum absolute atomic E-state index is 0.0893. The van der Waals surface area contributed by atoms with Gasteiger partial charge in [-0.1, -0.05) is 25.1 Å². The highest BCUT2D eigenvalue weighted by atomic mass is 32.2. The van der Waals surface area contributed by atoms with Crippen molar-refractivity contribution in [1.29, 1.82) is 0 Å². The number of hydrogen-bond donors (Lipinski definition) is 3. The second kappa shape index (κ2) is 8.68. The highest BCUT2D eigenvalue weighted by Crippen LogP contribution is 2.17. The molecule has 1 saturated heterocycles. The number of thioether (sulfide) groups is 1. The third kappa shape index (κ3) is 5.26. The molecule has 1 aliphatic heterocycles. The number of carbonyl (C=O) groups is 2. The zero-order chi connectivity index (χ0) is 15.8. The van der Waals surface area contributed by atoms with Crippen LogP contribution in [0.25, 0.3) is 0 Å². The Morgan fingerprint density at radius 3 is 2.86 bits per heavy atom. The van der Waals surface area contributed by atoms with Gasteiger partial charge in [-0.3, -0.25) is 4.79 Å². The second-order valence-corrected chi connectivity index (χ2v) is 6.62. The Labute approximate surface area is 135 Å². The van der Waals surface area contributed by atoms with Crippen LogP contribution in [0.2, 0.25) is 0 Å². The van der Waals surface area contributed by atoms with Crippen molar-refractivity contribution in [3.8, 4) is 0 Å². The Balaban J connectivity index is 1.60. The van der Waals surface area contributed by atoms with Crippen molar-refractivity contribution in [3.05, 3.63) is 30.3 Å². The first-order chi connectivity index (χ1) is 10.7. The van der Waals surface area contributed by atoms with Crippen molar-refractivity contribution in [2.24, 2.45) is 5.92 Å². The fraction of sp³-hybridized carbons (Fsp3) is 0.500. The maximum Gasteiger partial charge on any atom is 0.315 e. The monoisotopic (exact) mass is 321 g/mol. The van der Waals surface area contributed by atoms with Crippen molar-refractivity contribution < 1.29 is 9.59 Å². The molecule has 1 aromatic carbocycles. The molecule has 1 heterocycles. The van der Waals surface area contributed by atoms with Crippen LogP contribution < -0.4 is 16.0 Å². The Morgan fingerprint density at radius 2 is 2.14 bits per heavy atom. The zero-order valence-electron chi connectivity index (χ0n) is 12.8. The highest BCUT2D eigenvalue weighted by Gasteiger charge is 2.29. The number of hydrogen-bond acceptors (Lipinski definition) is 3. The lowest BCUT2D eigenvalue weighted by molar-refractivity contribution is -0.125. The first kappa shape index (κ1) is 16.7. The summed E-state index contributed by atoms with van der Waals surface area (Å²) in [5, 5.41) is 8.35. The standard InChI is InChI=1S/C16H23N3O2S/c1-12-8-10-17-15(20)14(12)19-16(21)18-9-5-11-22-13-6-3-2-4-7-13/h2-4,6-7,12,14H,5,8-11H2,1H3,(H,17,20)(H2,18,19,21)/t12-,14+/m1/s1. The van der Waals surface area contributed by atoms with Gasteiger partial charge in [-0.25, -0.2) is 4.79 Å². The maximum atomic E-state index is 11.8. The quantitative estimate of drug-likeness (QED) is 0.554. The summed E-state index contributed by atoms with van der Waals surface area (Å²) in [5.74, 6) is 1.03. The van der Waals surface area contributed by atoms with E-state index >= 15 is 0 Å². The molecule has 0 bridgehead atoms. The van der Waals surface area contributed by atoms with Crippen LogP contribution in [0.1, 0.15) is 19.8 Å². The number of nitrogens with one attached hydrogen (secondary N) is 3. The van der Waals surface area contributed by atoms with E-state index in [1.807, 2.05) is 25.1 Å². The topological polar surface area (TPSA) is 70.2 Å². The van der Waals surface area contributed by atoms with Gasteiger partial charge in [0.05, 0.1) is 0 Å². The summed E-state index contributed by atoms with van der Waals surface area (Å²) in [4.78, 5) is 24.8. The normalized spacial score (nSPS) is 21.0. The summed E-state index contributed by atoms with van der Waals surface area (Å²) < 4.78 is 0. The zero-order valence-corrected chi connectivity index (χ0v) is 13.6. The minimum Gasteiger partial charge on any atom is -0.354 e. The van der Waals surface area contributed by atoms with E-state index in [2.05, 4.69) is 28.1 Å². The van der Waals surface area contributed by atoms with Crippen molar-refractivity contribution in [3.63, 3.8) is 0 Å². The molecule has 3 amide bonds. The number of rotatable bonds is 6. The number of carbonyl (C=O) groups excluding carboxylic acids is 2. The first-order valence-corrected chi connectivity index (χ1v) is 8.65. The van der Waals surface area contributed by atoms with Gasteiger partial charge in [0.25, 0.3) is 0 Å². The smallest absolute Gasteiger partial charge is 0.315 e. The molecule has 0 saturated carbocycles. The van der Waals surface area contributed by atoms with Crippen LogP contribution in [-0.2, 0) is 4.79 Å². The van der Waals surface area contributed by atoms with Crippen LogP contribution in [-0.4, -0.2) is 36.8 Å². The molecule has 1 aliphatic rings. The second-order valence-electron chi connectivity index (χ2n) is 5.45. The van der Waals surface area contributed by atoms with Gasteiger partial charge in [-0.05, 0) is 36.6 Å². The molecule has 5 nitrogen and oxygen atoms in total. The Hall–Kier alpha value is -1.69. The summed E-state index contributed by atoms with van der Waals surface area (Å²) in [6.07, 6.45) is 1.78. The molecular weight excluding hydrogens is 298 g/mol. The Morgan fingerprint density at radius 1 is 1.36 bits per heavy atom. The number of piperidine rings is 1. The fourth-order valence-electron chi connectivity index (χ4n) is 2.34. The van der Waals surface area contributed by atoms with Crippen molar-refractivity contribution in [2.75, 3.05) is 18.8 Å². The lowest BCUT2D eigenvalue weighted by atomic mass is 9.94. The average molecular weight is 321 g/mol. The van der Waals surface area contributed by atoms with E-state index in [0.29, 0.717) is 13.1 Å². The molecule has 2 rings (SSSR count). The van der Waals surface area contributed by atoms with Gasteiger partial charge in [0, 0.05) is 18.0 Å². The van der Waals surface area contributed by atoms with Crippen LogP contribution >= 0.6 is 11.8 Å². The van der Waals surface area contributed by atoms with Gasteiger partial charge in [-0.15, -0.1) is 11.8 Å². The third-order valence-corrected chi connectivity index (χ3v) is 4.75. The highest BCUT2D eigenvalue weighted by molar-refractivity contribution is 7.99. The fourth-order valence-corrected chi connectivity index (χ4v) is 3.21. The van der Waals surface area contributed by atoms with Crippen LogP contribution in [0.5, 0.6) is 0 Å². The molecule has 1 aromatic rings. The molecule has 22 heavy (non-hydrogen) atoms. The molecule has 0 radical (unpaired) electrons. The summed E-state index contributed by atoms with van der Waals surface area (Å²) >= 11 is 1.77. The molecule has 3 N–H and O–H groups in total. The summed E-state index contributed by atoms with van der Waals surface area (Å²) in [7, 11) is 0. The molecule has 6 heteroatoms. The number of benzene rings is 1. The van der Waals surface area contributed by atoms with E-state index in [1.54, 1.807) is 11.8 Å². The van der Waals surface area contributed by atoms with E-state index in [-0.39, 0.29) is 17.9 Å². The van der Waals surface area contributed by atoms with Gasteiger partial charge in [0.1, 0.15) is 6.04 Å². The first-order valence-electron chi connectivity index (χ1n) is 7.67. The Bertz CT molecular complexity index is 495. The maximum absolute atomic E-state index is 11.8. The molecule has 1 fully saturated rings. The van der Waals surface area contributed by atoms with E-state index < -0.39 is 6.04 Å². The molecule has 2 atom stereocenters. The van der Waals surface area contributed by atoms with Crippen molar-refractivity contribution in [2.45, 2.75) is 30.7 Å².